The van der Waals surface area contributed by atoms with Crippen LogP contribution in [0.5, 0.6) is 0 Å². The van der Waals surface area contributed by atoms with Crippen LogP contribution in [-0.2, 0) is 5.41 Å². The SMILES string of the molecule is CCC(C)(C)c1nnc(NC(=O)c2ccc(F)cc2)s1. The van der Waals surface area contributed by atoms with Crippen LogP contribution < -0.4 is 5.32 Å². The molecule has 1 aromatic heterocycles. The Balaban J connectivity index is 2.11. The number of hydrogen-bond acceptors (Lipinski definition) is 4. The van der Waals surface area contributed by atoms with Gasteiger partial charge in [0.05, 0.1) is 0 Å². The van der Waals surface area contributed by atoms with E-state index < -0.39 is 0 Å². The van der Waals surface area contributed by atoms with Crippen molar-refractivity contribution in [1.82, 2.24) is 10.2 Å². The van der Waals surface area contributed by atoms with Crippen LogP contribution in [-0.4, -0.2) is 16.1 Å². The van der Waals surface area contributed by atoms with Crippen LogP contribution in [0.15, 0.2) is 24.3 Å². The van der Waals surface area contributed by atoms with Crippen LogP contribution in [0.3, 0.4) is 0 Å². The molecule has 0 aliphatic carbocycles. The van der Waals surface area contributed by atoms with Gasteiger partial charge in [0.2, 0.25) is 5.13 Å². The van der Waals surface area contributed by atoms with E-state index >= 15 is 0 Å². The van der Waals surface area contributed by atoms with Gasteiger partial charge in [-0.2, -0.15) is 0 Å². The van der Waals surface area contributed by atoms with Crippen LogP contribution >= 0.6 is 11.3 Å². The Morgan fingerprint density at radius 3 is 2.55 bits per heavy atom. The zero-order chi connectivity index (χ0) is 14.8. The third kappa shape index (κ3) is 3.19. The van der Waals surface area contributed by atoms with E-state index in [1.165, 1.54) is 35.6 Å². The topological polar surface area (TPSA) is 54.9 Å². The summed E-state index contributed by atoms with van der Waals surface area (Å²) in [5.41, 5.74) is 0.328. The summed E-state index contributed by atoms with van der Waals surface area (Å²) in [7, 11) is 0. The van der Waals surface area contributed by atoms with E-state index in [0.717, 1.165) is 11.4 Å². The number of nitrogens with one attached hydrogen (secondary N) is 1. The quantitative estimate of drug-likeness (QED) is 0.936. The highest BCUT2D eigenvalue weighted by Crippen LogP contribution is 2.31. The molecular weight excluding hydrogens is 277 g/mol. The Bertz CT molecular complexity index is 607. The molecule has 2 aromatic rings. The highest BCUT2D eigenvalue weighted by Gasteiger charge is 2.23. The van der Waals surface area contributed by atoms with Gasteiger partial charge in [0.15, 0.2) is 0 Å². The monoisotopic (exact) mass is 293 g/mol. The zero-order valence-corrected chi connectivity index (χ0v) is 12.4. The van der Waals surface area contributed by atoms with Gasteiger partial charge in [0, 0.05) is 11.0 Å². The lowest BCUT2D eigenvalue weighted by Gasteiger charge is -2.17. The fraction of sp³-hybridized carbons (Fsp3) is 0.357. The molecule has 106 valence electrons. The van der Waals surface area contributed by atoms with Crippen molar-refractivity contribution in [2.24, 2.45) is 0 Å². The van der Waals surface area contributed by atoms with Gasteiger partial charge in [-0.05, 0) is 30.7 Å². The van der Waals surface area contributed by atoms with E-state index in [1.807, 2.05) is 0 Å². The summed E-state index contributed by atoms with van der Waals surface area (Å²) >= 11 is 1.36. The summed E-state index contributed by atoms with van der Waals surface area (Å²) in [4.78, 5) is 12.0. The highest BCUT2D eigenvalue weighted by atomic mass is 32.1. The minimum atomic E-state index is -0.371. The molecular formula is C14H16FN3OS. The number of carbonyl (C=O) groups is 1. The summed E-state index contributed by atoms with van der Waals surface area (Å²) in [5, 5.41) is 12.1. The largest absolute Gasteiger partial charge is 0.296 e. The van der Waals surface area contributed by atoms with Gasteiger partial charge in [-0.1, -0.05) is 32.1 Å². The van der Waals surface area contributed by atoms with Crippen molar-refractivity contribution in [2.45, 2.75) is 32.6 Å². The molecule has 20 heavy (non-hydrogen) atoms. The summed E-state index contributed by atoms with van der Waals surface area (Å²) in [6.45, 7) is 6.25. The van der Waals surface area contributed by atoms with Crippen LogP contribution in [0.1, 0.15) is 42.6 Å². The Labute approximate surface area is 121 Å². The minimum absolute atomic E-state index is 0.0590. The smallest absolute Gasteiger partial charge is 0.257 e. The Hall–Kier alpha value is -1.82. The number of halogens is 1. The van der Waals surface area contributed by atoms with Gasteiger partial charge < -0.3 is 0 Å². The van der Waals surface area contributed by atoms with Crippen molar-refractivity contribution in [3.05, 3.63) is 40.7 Å². The molecule has 0 aliphatic rings. The van der Waals surface area contributed by atoms with Crippen LogP contribution in [0, 0.1) is 5.82 Å². The van der Waals surface area contributed by atoms with E-state index in [2.05, 4.69) is 36.3 Å². The van der Waals surface area contributed by atoms with E-state index in [-0.39, 0.29) is 17.1 Å². The first kappa shape index (κ1) is 14.6. The van der Waals surface area contributed by atoms with Crippen molar-refractivity contribution < 1.29 is 9.18 Å². The summed E-state index contributed by atoms with van der Waals surface area (Å²) < 4.78 is 12.8. The fourth-order valence-electron chi connectivity index (χ4n) is 1.47. The zero-order valence-electron chi connectivity index (χ0n) is 11.6. The average molecular weight is 293 g/mol. The number of aromatic nitrogens is 2. The molecule has 0 spiro atoms. The molecule has 2 rings (SSSR count). The standard InChI is InChI=1S/C14H16FN3OS/c1-4-14(2,3)12-17-18-13(20-12)16-11(19)9-5-7-10(15)8-6-9/h5-8H,4H2,1-3H3,(H,16,18,19). The maximum absolute atomic E-state index is 12.8. The summed E-state index contributed by atoms with van der Waals surface area (Å²) in [6, 6.07) is 5.37. The number of rotatable bonds is 4. The van der Waals surface area contributed by atoms with Crippen molar-refractivity contribution in [2.75, 3.05) is 5.32 Å². The minimum Gasteiger partial charge on any atom is -0.296 e. The molecule has 1 heterocycles. The van der Waals surface area contributed by atoms with Gasteiger partial charge in [-0.25, -0.2) is 4.39 Å². The van der Waals surface area contributed by atoms with E-state index in [9.17, 15) is 9.18 Å². The number of anilines is 1. The number of nitrogens with zero attached hydrogens (tertiary/aromatic N) is 2. The number of carbonyl (C=O) groups excluding carboxylic acids is 1. The van der Waals surface area contributed by atoms with Gasteiger partial charge in [-0.3, -0.25) is 10.1 Å². The average Bonchev–Trinajstić information content (AvgIpc) is 2.88. The van der Waals surface area contributed by atoms with E-state index in [0.29, 0.717) is 10.7 Å². The van der Waals surface area contributed by atoms with Crippen molar-refractivity contribution in [1.29, 1.82) is 0 Å². The Morgan fingerprint density at radius 1 is 1.30 bits per heavy atom. The molecule has 6 heteroatoms. The van der Waals surface area contributed by atoms with Crippen LogP contribution in [0.4, 0.5) is 9.52 Å². The van der Waals surface area contributed by atoms with Gasteiger partial charge in [0.25, 0.3) is 5.91 Å². The number of hydrogen-bond donors (Lipinski definition) is 1. The van der Waals surface area contributed by atoms with E-state index in [4.69, 9.17) is 0 Å². The molecule has 1 aromatic carbocycles. The van der Waals surface area contributed by atoms with E-state index in [1.54, 1.807) is 0 Å². The van der Waals surface area contributed by atoms with Crippen molar-refractivity contribution in [3.8, 4) is 0 Å². The molecule has 0 aliphatic heterocycles. The third-order valence-electron chi connectivity index (χ3n) is 3.21. The fourth-order valence-corrected chi connectivity index (χ4v) is 2.38. The first-order valence-corrected chi connectivity index (χ1v) is 7.15. The predicted octanol–water partition coefficient (Wildman–Crippen LogP) is 3.62. The molecule has 4 nitrogen and oxygen atoms in total. The third-order valence-corrected chi connectivity index (χ3v) is 4.42. The first-order chi connectivity index (χ1) is 9.42. The lowest BCUT2D eigenvalue weighted by atomic mass is 9.91. The van der Waals surface area contributed by atoms with Gasteiger partial charge in [0.1, 0.15) is 10.8 Å². The molecule has 0 bridgehead atoms. The van der Waals surface area contributed by atoms with Gasteiger partial charge >= 0.3 is 0 Å². The highest BCUT2D eigenvalue weighted by molar-refractivity contribution is 7.15. The van der Waals surface area contributed by atoms with Crippen molar-refractivity contribution >= 4 is 22.4 Å². The number of benzene rings is 1. The Kier molecular flexibility index (Phi) is 4.13. The molecule has 0 radical (unpaired) electrons. The maximum atomic E-state index is 12.8. The lowest BCUT2D eigenvalue weighted by Crippen LogP contribution is -2.14. The summed E-state index contributed by atoms with van der Waals surface area (Å²) in [5.74, 6) is -0.688. The first-order valence-electron chi connectivity index (χ1n) is 6.33. The second kappa shape index (κ2) is 5.66. The molecule has 0 atom stereocenters. The van der Waals surface area contributed by atoms with Crippen LogP contribution in [0.25, 0.3) is 0 Å². The predicted molar refractivity (Wildman–Crippen MR) is 77.6 cm³/mol. The second-order valence-electron chi connectivity index (χ2n) is 5.11. The molecule has 0 saturated carbocycles. The molecule has 0 fully saturated rings. The van der Waals surface area contributed by atoms with Crippen LogP contribution in [0.2, 0.25) is 0 Å². The van der Waals surface area contributed by atoms with Crippen molar-refractivity contribution in [3.63, 3.8) is 0 Å². The normalized spacial score (nSPS) is 11.4. The lowest BCUT2D eigenvalue weighted by molar-refractivity contribution is 0.102. The molecule has 0 unspecified atom stereocenters. The van der Waals surface area contributed by atoms with Gasteiger partial charge in [-0.15, -0.1) is 10.2 Å². The Morgan fingerprint density at radius 2 is 1.95 bits per heavy atom. The summed E-state index contributed by atoms with van der Waals surface area (Å²) in [6.07, 6.45) is 0.938. The second-order valence-corrected chi connectivity index (χ2v) is 6.09. The maximum Gasteiger partial charge on any atom is 0.257 e. The molecule has 0 saturated heterocycles. The molecule has 1 amide bonds. The molecule has 1 N–H and O–H groups in total. The number of amides is 1.